The van der Waals surface area contributed by atoms with Gasteiger partial charge in [-0.2, -0.15) is 0 Å². The number of nitrogens with zero attached hydrogens (tertiary/aromatic N) is 3. The molecule has 0 radical (unpaired) electrons. The second-order valence-corrected chi connectivity index (χ2v) is 4.26. The Labute approximate surface area is 113 Å². The van der Waals surface area contributed by atoms with Crippen molar-refractivity contribution in [2.75, 3.05) is 11.9 Å². The number of aliphatic hydroxyl groups excluding tert-OH is 1. The van der Waals surface area contributed by atoms with Gasteiger partial charge in [0.1, 0.15) is 5.00 Å². The van der Waals surface area contributed by atoms with Crippen LogP contribution in [0.4, 0.5) is 5.00 Å². The number of hydrogen-bond donors (Lipinski definition) is 2. The first-order valence-electron chi connectivity index (χ1n) is 5.43. The molecule has 0 saturated carbocycles. The fourth-order valence-electron chi connectivity index (χ4n) is 1.26. The molecule has 19 heavy (non-hydrogen) atoms. The van der Waals surface area contributed by atoms with Crippen molar-refractivity contribution in [2.45, 2.75) is 6.42 Å². The van der Waals surface area contributed by atoms with Crippen LogP contribution in [0.2, 0.25) is 0 Å². The van der Waals surface area contributed by atoms with E-state index in [0.29, 0.717) is 22.5 Å². The molecule has 1 amide bonds. The van der Waals surface area contributed by atoms with Gasteiger partial charge in [-0.05, 0) is 6.07 Å². The van der Waals surface area contributed by atoms with E-state index in [1.165, 1.54) is 12.4 Å². The monoisotopic (exact) mass is 274 g/mol. The van der Waals surface area contributed by atoms with Gasteiger partial charge in [-0.3, -0.25) is 9.78 Å². The molecule has 2 aromatic rings. The zero-order valence-corrected chi connectivity index (χ0v) is 10.6. The molecule has 0 spiro atoms. The van der Waals surface area contributed by atoms with Crippen LogP contribution < -0.4 is 5.32 Å². The van der Waals surface area contributed by atoms with Crippen LogP contribution in [0.3, 0.4) is 0 Å². The fourth-order valence-corrected chi connectivity index (χ4v) is 1.67. The molecule has 0 fully saturated rings. The Balaban J connectivity index is 2.10. The van der Waals surface area contributed by atoms with Gasteiger partial charge in [-0.15, -0.1) is 5.10 Å². The maximum absolute atomic E-state index is 11.9. The normalized spacial score (nSPS) is 9.53. The highest BCUT2D eigenvalue weighted by atomic mass is 32.1. The molecule has 2 N–H and O–H groups in total. The number of carbonyl (C=O) groups excluding carboxylic acids is 1. The first-order chi connectivity index (χ1) is 9.29. The number of pyridine rings is 1. The highest BCUT2D eigenvalue weighted by Gasteiger charge is 2.08. The molecule has 7 heteroatoms. The molecule has 0 aliphatic heterocycles. The number of anilines is 1. The summed E-state index contributed by atoms with van der Waals surface area (Å²) in [6.45, 7) is 0.0129. The van der Waals surface area contributed by atoms with Gasteiger partial charge < -0.3 is 10.4 Å². The molecule has 2 heterocycles. The molecule has 0 aliphatic carbocycles. The standard InChI is InChI=1S/C12H10N4O2S/c17-4-2-1-3-9-5-10(7-13-6-9)12(18)15-11-8-14-16-19-11/h5-8,17H,2,4H2,(H,15,18). The van der Waals surface area contributed by atoms with Crippen molar-refractivity contribution < 1.29 is 9.90 Å². The number of nitrogens with one attached hydrogen (secondary N) is 1. The van der Waals surface area contributed by atoms with E-state index in [1.54, 1.807) is 12.3 Å². The van der Waals surface area contributed by atoms with Gasteiger partial charge in [0.15, 0.2) is 0 Å². The van der Waals surface area contributed by atoms with Gasteiger partial charge in [0.05, 0.1) is 18.4 Å². The van der Waals surface area contributed by atoms with Gasteiger partial charge in [0.25, 0.3) is 5.91 Å². The Kier molecular flexibility index (Phi) is 4.55. The van der Waals surface area contributed by atoms with E-state index in [-0.39, 0.29) is 12.5 Å². The molecule has 0 bridgehead atoms. The number of aliphatic hydroxyl groups is 1. The molecule has 0 atom stereocenters. The number of rotatable bonds is 3. The highest BCUT2D eigenvalue weighted by Crippen LogP contribution is 2.11. The Hall–Kier alpha value is -2.30. The fraction of sp³-hybridized carbons (Fsp3) is 0.167. The third-order valence-electron chi connectivity index (χ3n) is 2.07. The smallest absolute Gasteiger partial charge is 0.257 e. The molecular weight excluding hydrogens is 264 g/mol. The third-order valence-corrected chi connectivity index (χ3v) is 2.65. The molecule has 0 saturated heterocycles. The number of hydrogen-bond acceptors (Lipinski definition) is 6. The minimum Gasteiger partial charge on any atom is -0.395 e. The van der Waals surface area contributed by atoms with E-state index in [2.05, 4.69) is 31.7 Å². The summed E-state index contributed by atoms with van der Waals surface area (Å²) < 4.78 is 3.65. The SMILES string of the molecule is O=C(Nc1cnns1)c1cncc(C#CCCO)c1. The molecule has 2 rings (SSSR count). The Bertz CT molecular complexity index is 616. The maximum atomic E-state index is 11.9. The summed E-state index contributed by atoms with van der Waals surface area (Å²) in [5, 5.41) is 15.5. The molecule has 6 nitrogen and oxygen atoms in total. The average Bonchev–Trinajstić information content (AvgIpc) is 2.92. The first kappa shape index (κ1) is 13.1. The molecule has 0 unspecified atom stereocenters. The van der Waals surface area contributed by atoms with Crippen LogP contribution in [-0.2, 0) is 0 Å². The number of aromatic nitrogens is 3. The summed E-state index contributed by atoms with van der Waals surface area (Å²) in [6.07, 6.45) is 4.89. The summed E-state index contributed by atoms with van der Waals surface area (Å²) >= 11 is 1.10. The van der Waals surface area contributed by atoms with E-state index < -0.39 is 0 Å². The first-order valence-corrected chi connectivity index (χ1v) is 6.20. The third kappa shape index (κ3) is 3.84. The highest BCUT2D eigenvalue weighted by molar-refractivity contribution is 7.10. The summed E-state index contributed by atoms with van der Waals surface area (Å²) in [5.41, 5.74) is 1.03. The quantitative estimate of drug-likeness (QED) is 0.813. The van der Waals surface area contributed by atoms with Crippen molar-refractivity contribution in [1.82, 2.24) is 14.6 Å². The van der Waals surface area contributed by atoms with Crippen molar-refractivity contribution in [3.63, 3.8) is 0 Å². The average molecular weight is 274 g/mol. The minimum atomic E-state index is -0.288. The second kappa shape index (κ2) is 6.58. The van der Waals surface area contributed by atoms with Gasteiger partial charge in [-0.1, -0.05) is 16.3 Å². The largest absolute Gasteiger partial charge is 0.395 e. The van der Waals surface area contributed by atoms with E-state index in [4.69, 9.17) is 5.11 Å². The maximum Gasteiger partial charge on any atom is 0.257 e. The Morgan fingerprint density at radius 1 is 1.42 bits per heavy atom. The zero-order chi connectivity index (χ0) is 13.5. The molecule has 0 aliphatic rings. The number of amides is 1. The van der Waals surface area contributed by atoms with Crippen LogP contribution in [0.15, 0.2) is 24.7 Å². The van der Waals surface area contributed by atoms with Crippen LogP contribution in [-0.4, -0.2) is 32.2 Å². The van der Waals surface area contributed by atoms with Crippen molar-refractivity contribution >= 4 is 22.4 Å². The minimum absolute atomic E-state index is 0.0129. The van der Waals surface area contributed by atoms with Crippen molar-refractivity contribution in [2.24, 2.45) is 0 Å². The predicted molar refractivity (Wildman–Crippen MR) is 70.7 cm³/mol. The topological polar surface area (TPSA) is 88.0 Å². The summed E-state index contributed by atoms with van der Waals surface area (Å²) in [6, 6.07) is 1.64. The van der Waals surface area contributed by atoms with Crippen LogP contribution in [0.1, 0.15) is 22.3 Å². The van der Waals surface area contributed by atoms with Gasteiger partial charge in [0, 0.05) is 35.9 Å². The lowest BCUT2D eigenvalue weighted by Gasteiger charge is -2.01. The lowest BCUT2D eigenvalue weighted by molar-refractivity contribution is 0.102. The van der Waals surface area contributed by atoms with Crippen molar-refractivity contribution in [3.05, 3.63) is 35.8 Å². The van der Waals surface area contributed by atoms with Gasteiger partial charge in [-0.25, -0.2) is 0 Å². The lowest BCUT2D eigenvalue weighted by Crippen LogP contribution is -2.11. The van der Waals surface area contributed by atoms with Crippen molar-refractivity contribution in [1.29, 1.82) is 0 Å². The van der Waals surface area contributed by atoms with Crippen LogP contribution in [0, 0.1) is 11.8 Å². The molecular formula is C12H10N4O2S. The van der Waals surface area contributed by atoms with Gasteiger partial charge >= 0.3 is 0 Å². The summed E-state index contributed by atoms with van der Waals surface area (Å²) in [4.78, 5) is 15.9. The van der Waals surface area contributed by atoms with E-state index in [0.717, 1.165) is 11.5 Å². The number of carbonyl (C=O) groups is 1. The van der Waals surface area contributed by atoms with E-state index in [9.17, 15) is 4.79 Å². The molecule has 96 valence electrons. The van der Waals surface area contributed by atoms with Crippen LogP contribution in [0.5, 0.6) is 0 Å². The van der Waals surface area contributed by atoms with Crippen molar-refractivity contribution in [3.8, 4) is 11.8 Å². The van der Waals surface area contributed by atoms with Gasteiger partial charge in [0.2, 0.25) is 0 Å². The molecule has 0 aromatic carbocycles. The van der Waals surface area contributed by atoms with Crippen LogP contribution >= 0.6 is 11.5 Å². The van der Waals surface area contributed by atoms with Crippen LogP contribution in [0.25, 0.3) is 0 Å². The molecule has 2 aromatic heterocycles. The van der Waals surface area contributed by atoms with E-state index >= 15 is 0 Å². The second-order valence-electron chi connectivity index (χ2n) is 3.47. The Morgan fingerprint density at radius 3 is 3.05 bits per heavy atom. The zero-order valence-electron chi connectivity index (χ0n) is 9.83. The predicted octanol–water partition coefficient (Wildman–Crippen LogP) is 0.919. The summed E-state index contributed by atoms with van der Waals surface area (Å²) in [7, 11) is 0. The lowest BCUT2D eigenvalue weighted by atomic mass is 10.2. The van der Waals surface area contributed by atoms with E-state index in [1.807, 2.05) is 0 Å². The summed E-state index contributed by atoms with van der Waals surface area (Å²) in [5.74, 6) is 5.31. The Morgan fingerprint density at radius 2 is 2.32 bits per heavy atom.